The summed E-state index contributed by atoms with van der Waals surface area (Å²) in [4.78, 5) is 8.91. The Labute approximate surface area is 301 Å². The molecular formula is C44H34IrN2O-2. The van der Waals surface area contributed by atoms with Crippen molar-refractivity contribution in [2.24, 2.45) is 5.41 Å². The summed E-state index contributed by atoms with van der Waals surface area (Å²) in [7, 11) is 0. The van der Waals surface area contributed by atoms with Crippen molar-refractivity contribution < 1.29 is 31.4 Å². The van der Waals surface area contributed by atoms with Crippen LogP contribution in [0.25, 0.3) is 76.4 Å². The minimum absolute atomic E-state index is 0. The largest absolute Gasteiger partial charge is 0.455 e. The zero-order valence-electron chi connectivity index (χ0n) is 31.7. The average molecular weight is 804 g/mol. The summed E-state index contributed by atoms with van der Waals surface area (Å²) in [5, 5.41) is 7.56. The van der Waals surface area contributed by atoms with E-state index in [4.69, 9.17) is 8.53 Å². The Balaban J connectivity index is 0.000000284. The Kier molecular flexibility index (Phi) is 6.86. The van der Waals surface area contributed by atoms with Gasteiger partial charge in [-0.1, -0.05) is 74.7 Å². The van der Waals surface area contributed by atoms with Gasteiger partial charge in [-0.15, -0.1) is 65.5 Å². The molecule has 0 fully saturated rings. The molecule has 6 aromatic carbocycles. The Morgan fingerprint density at radius 1 is 0.750 bits per heavy atom. The Morgan fingerprint density at radius 3 is 2.27 bits per heavy atom. The van der Waals surface area contributed by atoms with Crippen LogP contribution in [0.5, 0.6) is 0 Å². The number of aromatic nitrogens is 2. The first-order valence-corrected chi connectivity index (χ1v) is 15.7. The fourth-order valence-corrected chi connectivity index (χ4v) is 6.38. The molecule has 0 saturated heterocycles. The molecule has 237 valence electrons. The number of pyridine rings is 2. The van der Waals surface area contributed by atoms with Crippen molar-refractivity contribution in [2.75, 3.05) is 0 Å². The molecule has 1 radical (unpaired) electrons. The number of fused-ring (bicyclic) bond motifs is 11. The molecule has 0 aliphatic heterocycles. The van der Waals surface area contributed by atoms with Gasteiger partial charge in [-0.3, -0.25) is 0 Å². The summed E-state index contributed by atoms with van der Waals surface area (Å²) in [6.45, 7) is 2.80. The van der Waals surface area contributed by atoms with E-state index in [1.165, 1.54) is 6.20 Å². The molecule has 0 spiro atoms. The third-order valence-corrected chi connectivity index (χ3v) is 8.37. The molecular weight excluding hydrogens is 765 g/mol. The summed E-state index contributed by atoms with van der Waals surface area (Å²) >= 11 is 0. The third kappa shape index (κ3) is 5.66. The number of aryl methyl sites for hydroxylation is 1. The SMILES string of the molecule is [2H]C([2H])([2H])c1cnc2c3[c-]cccc3c3ccc4c5cc6ccccc6cc5oc4c3c2c1C([2H])([2H])C(C)(C)C.[Ir].[c-]1ccccc1-c1ccccn1. The maximum atomic E-state index is 9.37. The molecule has 48 heavy (non-hydrogen) atoms. The second-order valence-electron chi connectivity index (χ2n) is 12.8. The van der Waals surface area contributed by atoms with Crippen molar-refractivity contribution >= 4 is 65.2 Å². The van der Waals surface area contributed by atoms with E-state index in [9.17, 15) is 2.74 Å². The molecule has 4 heteroatoms. The van der Waals surface area contributed by atoms with Crippen molar-refractivity contribution in [3.63, 3.8) is 0 Å². The monoisotopic (exact) mass is 804 g/mol. The van der Waals surface area contributed by atoms with Crippen LogP contribution in [-0.4, -0.2) is 9.97 Å². The van der Waals surface area contributed by atoms with Gasteiger partial charge in [0.05, 0.1) is 0 Å². The van der Waals surface area contributed by atoms with Crippen molar-refractivity contribution in [3.8, 4) is 11.3 Å². The predicted molar refractivity (Wildman–Crippen MR) is 197 cm³/mol. The number of furan rings is 1. The van der Waals surface area contributed by atoms with E-state index in [-0.39, 0.29) is 31.2 Å². The summed E-state index contributed by atoms with van der Waals surface area (Å²) in [5.74, 6) is 0. The van der Waals surface area contributed by atoms with Gasteiger partial charge in [0.1, 0.15) is 11.2 Å². The first-order chi connectivity index (χ1) is 24.8. The van der Waals surface area contributed by atoms with Gasteiger partial charge in [-0.05, 0) is 80.7 Å². The van der Waals surface area contributed by atoms with Gasteiger partial charge >= 0.3 is 0 Å². The number of rotatable bonds is 2. The Morgan fingerprint density at radius 2 is 1.52 bits per heavy atom. The second kappa shape index (κ2) is 12.6. The fraction of sp³-hybridized carbons (Fsp3) is 0.136. The Bertz CT molecular complexity index is 2750. The summed E-state index contributed by atoms with van der Waals surface area (Å²) in [5.41, 5.74) is 2.96. The van der Waals surface area contributed by atoms with Gasteiger partial charge < -0.3 is 14.4 Å². The van der Waals surface area contributed by atoms with Crippen LogP contribution in [0.4, 0.5) is 0 Å². The summed E-state index contributed by atoms with van der Waals surface area (Å²) in [6, 6.07) is 42.1. The van der Waals surface area contributed by atoms with Gasteiger partial charge in [-0.25, -0.2) is 0 Å². The van der Waals surface area contributed by atoms with Gasteiger partial charge in [0.25, 0.3) is 0 Å². The maximum absolute atomic E-state index is 9.37. The van der Waals surface area contributed by atoms with Crippen molar-refractivity contribution in [3.05, 3.63) is 145 Å². The maximum Gasteiger partial charge on any atom is 0.142 e. The number of hydrogen-bond donors (Lipinski definition) is 0. The minimum atomic E-state index is -2.57. The van der Waals surface area contributed by atoms with E-state index < -0.39 is 18.6 Å². The molecule has 0 saturated carbocycles. The average Bonchev–Trinajstić information content (AvgIpc) is 3.51. The molecule has 0 unspecified atom stereocenters. The molecule has 0 aliphatic carbocycles. The zero-order valence-corrected chi connectivity index (χ0v) is 29.1. The molecule has 3 aromatic heterocycles. The van der Waals surface area contributed by atoms with E-state index in [1.807, 2.05) is 91.0 Å². The molecule has 9 rings (SSSR count). The molecule has 0 amide bonds. The van der Waals surface area contributed by atoms with Crippen molar-refractivity contribution in [1.29, 1.82) is 0 Å². The summed E-state index contributed by atoms with van der Waals surface area (Å²) in [6.07, 6.45) is 1.10. The van der Waals surface area contributed by atoms with Crippen LogP contribution in [0.1, 0.15) is 38.8 Å². The van der Waals surface area contributed by atoms with Crippen molar-refractivity contribution in [2.45, 2.75) is 34.0 Å². The van der Waals surface area contributed by atoms with Crippen LogP contribution in [0.15, 0.2) is 126 Å². The molecule has 9 aromatic rings. The smallest absolute Gasteiger partial charge is 0.142 e. The molecule has 3 nitrogen and oxygen atoms in total. The van der Waals surface area contributed by atoms with E-state index in [1.54, 1.807) is 33.0 Å². The van der Waals surface area contributed by atoms with Crippen molar-refractivity contribution in [1.82, 2.24) is 9.97 Å². The van der Waals surface area contributed by atoms with Gasteiger partial charge in [0, 0.05) is 55.5 Å². The molecule has 3 heterocycles. The van der Waals surface area contributed by atoms with E-state index >= 15 is 0 Å². The van der Waals surface area contributed by atoms with E-state index in [2.05, 4.69) is 34.2 Å². The predicted octanol–water partition coefficient (Wildman–Crippen LogP) is 11.8. The first kappa shape index (κ1) is 26.1. The van der Waals surface area contributed by atoms with Crippen LogP contribution in [-0.2, 0) is 26.5 Å². The van der Waals surface area contributed by atoms with Crippen LogP contribution in [0, 0.1) is 24.4 Å². The molecule has 0 aliphatic rings. The Hall–Kier alpha value is -4.89. The first-order valence-electron chi connectivity index (χ1n) is 18.2. The molecule has 0 atom stereocenters. The third-order valence-electron chi connectivity index (χ3n) is 8.37. The standard InChI is InChI=1S/C33H26NO.C11H8N.Ir/c1-19-18-34-31-24-12-8-7-11-22(24)23-13-14-25-26-15-20-9-5-6-10-21(20)16-28(26)35-32(25)30(23)29(31)27(19)17-33(2,3)4;1-2-6-10(7-3-1)11-8-4-5-9-12-11;/h5-11,13-16,18H,17H2,1-4H3;1-6,8-9H;/q2*-1;/i1D3,17D2;;. The van der Waals surface area contributed by atoms with E-state index in [0.717, 1.165) is 49.2 Å². The van der Waals surface area contributed by atoms with Gasteiger partial charge in [0.15, 0.2) is 0 Å². The topological polar surface area (TPSA) is 38.9 Å². The minimum Gasteiger partial charge on any atom is -0.455 e. The van der Waals surface area contributed by atoms with Crippen LogP contribution < -0.4 is 0 Å². The quantitative estimate of drug-likeness (QED) is 0.129. The number of hydrogen-bond acceptors (Lipinski definition) is 3. The fourth-order valence-electron chi connectivity index (χ4n) is 6.38. The van der Waals surface area contributed by atoms with Gasteiger partial charge in [-0.2, -0.15) is 0 Å². The molecule has 0 bridgehead atoms. The summed E-state index contributed by atoms with van der Waals surface area (Å²) < 4.78 is 50.5. The van der Waals surface area contributed by atoms with Gasteiger partial charge in [0.2, 0.25) is 0 Å². The van der Waals surface area contributed by atoms with Crippen LogP contribution >= 0.6 is 0 Å². The normalized spacial score (nSPS) is 13.8. The number of nitrogens with zero attached hydrogens (tertiary/aromatic N) is 2. The second-order valence-corrected chi connectivity index (χ2v) is 12.8. The number of benzene rings is 6. The van der Waals surface area contributed by atoms with E-state index in [0.29, 0.717) is 27.3 Å². The van der Waals surface area contributed by atoms with Crippen LogP contribution in [0.2, 0.25) is 0 Å². The van der Waals surface area contributed by atoms with Crippen LogP contribution in [0.3, 0.4) is 0 Å². The zero-order chi connectivity index (χ0) is 36.4. The molecule has 0 N–H and O–H groups in total.